The van der Waals surface area contributed by atoms with Gasteiger partial charge in [-0.15, -0.1) is 0 Å². The molecule has 2 aliphatic rings. The smallest absolute Gasteiger partial charge is 0.372 e. The molecule has 55 heavy (non-hydrogen) atoms. The summed E-state index contributed by atoms with van der Waals surface area (Å²) in [6.07, 6.45) is 8.05. The summed E-state index contributed by atoms with van der Waals surface area (Å²) in [5.41, 5.74) is 3.56. The van der Waals surface area contributed by atoms with Gasteiger partial charge in [-0.2, -0.15) is 21.4 Å². The Balaban J connectivity index is 1.22. The number of likely N-dealkylation sites (N-methyl/N-ethyl adjacent to an activating group) is 1. The van der Waals surface area contributed by atoms with E-state index >= 15 is 0 Å². The van der Waals surface area contributed by atoms with Gasteiger partial charge >= 0.3 is 11.4 Å². The highest BCUT2D eigenvalue weighted by Crippen LogP contribution is 2.48. The standard InChI is InChI=1S/C39H42N4O10S2/c1-6-42-31-18-15-25(54(47,48)49)22-28(31)38(2,3)33(42)11-10-12-34-39(4,5)29-23-26(55(50,51)52)16-19-32(29)43(34)20-9-7-8-13-35(44)40-24-14-17-30-27(21-24)36(45)53-37(46)41-30/h10-12,14-19,21-23H,6-9,13,20H2,1-5H3,(H3-,40,41,44,45,46,47,48,49,50,51,52)/p+1. The first kappa shape index (κ1) is 39.5. The largest absolute Gasteiger partial charge is 0.419 e. The van der Waals surface area contributed by atoms with E-state index in [2.05, 4.69) is 24.2 Å². The Morgan fingerprint density at radius 3 is 2.24 bits per heavy atom. The summed E-state index contributed by atoms with van der Waals surface area (Å²) in [4.78, 5) is 40.4. The molecule has 4 aromatic rings. The van der Waals surface area contributed by atoms with E-state index in [4.69, 9.17) is 0 Å². The molecule has 1 amide bonds. The normalized spacial score (nSPS) is 17.0. The summed E-state index contributed by atoms with van der Waals surface area (Å²) in [5, 5.41) is 2.92. The average molecular weight is 792 g/mol. The Kier molecular flexibility index (Phi) is 10.4. The number of nitrogens with one attached hydrogen (secondary N) is 2. The van der Waals surface area contributed by atoms with Crippen LogP contribution in [-0.4, -0.2) is 60.2 Å². The zero-order valence-corrected chi connectivity index (χ0v) is 32.7. The van der Waals surface area contributed by atoms with Crippen LogP contribution in [0.4, 0.5) is 17.1 Å². The first-order valence-corrected chi connectivity index (χ1v) is 20.6. The van der Waals surface area contributed by atoms with Crippen molar-refractivity contribution in [1.29, 1.82) is 0 Å². The van der Waals surface area contributed by atoms with Crippen molar-refractivity contribution in [2.75, 3.05) is 23.3 Å². The minimum absolute atomic E-state index is 0.140. The molecule has 0 unspecified atom stereocenters. The number of H-pyrrole nitrogens is 1. The van der Waals surface area contributed by atoms with Crippen molar-refractivity contribution >= 4 is 59.8 Å². The molecule has 0 spiro atoms. The SMILES string of the molecule is CCN1/C(=C\C=C\C2=[N+](CCCCCC(=O)Nc3ccc4[nH]c(=O)oc(=O)c4c3)c3ccc(S(=O)(=O)O)cc3C2(C)C)C(C)(C)c2cc(S(=O)(=O)O)ccc21. The third-order valence-electron chi connectivity index (χ3n) is 10.4. The number of hydrogen-bond acceptors (Lipinski definition) is 9. The van der Waals surface area contributed by atoms with Crippen molar-refractivity contribution in [3.05, 3.63) is 111 Å². The molecule has 16 heteroatoms. The van der Waals surface area contributed by atoms with Crippen LogP contribution in [0.15, 0.2) is 102 Å². The molecule has 0 bridgehead atoms. The number of aromatic amines is 1. The van der Waals surface area contributed by atoms with E-state index in [1.807, 2.05) is 52.8 Å². The molecule has 3 aromatic carbocycles. The monoisotopic (exact) mass is 791 g/mol. The molecule has 0 aliphatic carbocycles. The number of aromatic nitrogens is 1. The van der Waals surface area contributed by atoms with Crippen molar-refractivity contribution < 1.29 is 39.7 Å². The van der Waals surface area contributed by atoms with E-state index in [9.17, 15) is 40.3 Å². The van der Waals surface area contributed by atoms with Gasteiger partial charge in [0.1, 0.15) is 6.54 Å². The van der Waals surface area contributed by atoms with Crippen LogP contribution < -0.4 is 21.6 Å². The Morgan fingerprint density at radius 1 is 0.891 bits per heavy atom. The van der Waals surface area contributed by atoms with Crippen LogP contribution in [0.25, 0.3) is 10.9 Å². The minimum Gasteiger partial charge on any atom is -0.372 e. The number of nitrogens with zero attached hydrogens (tertiary/aromatic N) is 2. The lowest BCUT2D eigenvalue weighted by Gasteiger charge is -2.25. The van der Waals surface area contributed by atoms with Crippen LogP contribution in [0.2, 0.25) is 0 Å². The quantitative estimate of drug-likeness (QED) is 0.0765. The van der Waals surface area contributed by atoms with E-state index in [1.165, 1.54) is 36.4 Å². The minimum atomic E-state index is -4.45. The van der Waals surface area contributed by atoms with Crippen LogP contribution >= 0.6 is 0 Å². The molecule has 0 atom stereocenters. The van der Waals surface area contributed by atoms with Gasteiger partial charge in [0.25, 0.3) is 20.2 Å². The molecule has 290 valence electrons. The molecule has 3 heterocycles. The predicted molar refractivity (Wildman–Crippen MR) is 209 cm³/mol. The molecule has 0 saturated heterocycles. The second-order valence-electron chi connectivity index (χ2n) is 14.7. The zero-order chi connectivity index (χ0) is 40.1. The fourth-order valence-corrected chi connectivity index (χ4v) is 8.59. The lowest BCUT2D eigenvalue weighted by molar-refractivity contribution is -0.438. The van der Waals surface area contributed by atoms with Gasteiger partial charge in [0.05, 0.1) is 26.1 Å². The number of carbonyl (C=O) groups excluding carboxylic acids is 1. The highest BCUT2D eigenvalue weighted by molar-refractivity contribution is 7.86. The van der Waals surface area contributed by atoms with E-state index in [0.29, 0.717) is 43.6 Å². The highest BCUT2D eigenvalue weighted by atomic mass is 32.2. The summed E-state index contributed by atoms with van der Waals surface area (Å²) < 4.78 is 74.4. The molecule has 0 radical (unpaired) electrons. The number of unbranched alkanes of at least 4 members (excludes halogenated alkanes) is 2. The molecular weight excluding hydrogens is 749 g/mol. The van der Waals surface area contributed by atoms with Gasteiger partial charge in [-0.25, -0.2) is 9.59 Å². The molecule has 2 aliphatic heterocycles. The fourth-order valence-electron chi connectivity index (χ4n) is 7.57. The lowest BCUT2D eigenvalue weighted by atomic mass is 9.81. The van der Waals surface area contributed by atoms with Gasteiger partial charge in [-0.3, -0.25) is 18.9 Å². The molecule has 0 fully saturated rings. The van der Waals surface area contributed by atoms with E-state index in [0.717, 1.165) is 33.9 Å². The van der Waals surface area contributed by atoms with Crippen LogP contribution in [0.3, 0.4) is 0 Å². The first-order valence-electron chi connectivity index (χ1n) is 17.8. The summed E-state index contributed by atoms with van der Waals surface area (Å²) in [6, 6.07) is 13.7. The van der Waals surface area contributed by atoms with Gasteiger partial charge in [0, 0.05) is 59.6 Å². The highest BCUT2D eigenvalue weighted by Gasteiger charge is 2.45. The van der Waals surface area contributed by atoms with Crippen molar-refractivity contribution in [2.45, 2.75) is 80.9 Å². The maximum Gasteiger partial charge on any atom is 0.419 e. The summed E-state index contributed by atoms with van der Waals surface area (Å²) >= 11 is 0. The van der Waals surface area contributed by atoms with Crippen molar-refractivity contribution in [1.82, 2.24) is 4.98 Å². The number of rotatable bonds is 12. The van der Waals surface area contributed by atoms with Crippen LogP contribution in [0, 0.1) is 0 Å². The second-order valence-corrected chi connectivity index (χ2v) is 17.5. The maximum atomic E-state index is 12.8. The average Bonchev–Trinajstić information content (AvgIpc) is 3.45. The summed E-state index contributed by atoms with van der Waals surface area (Å²) in [7, 11) is -8.85. The first-order chi connectivity index (χ1) is 25.7. The number of amides is 1. The Bertz CT molecular complexity index is 2670. The molecule has 4 N–H and O–H groups in total. The van der Waals surface area contributed by atoms with E-state index in [1.54, 1.807) is 18.2 Å². The fraction of sp³-hybridized carbons (Fsp3) is 0.333. The summed E-state index contributed by atoms with van der Waals surface area (Å²) in [5.74, 6) is -1.10. The van der Waals surface area contributed by atoms with Crippen molar-refractivity contribution in [3.63, 3.8) is 0 Å². The zero-order valence-electron chi connectivity index (χ0n) is 31.0. The number of fused-ring (bicyclic) bond motifs is 3. The van der Waals surface area contributed by atoms with E-state index in [-0.39, 0.29) is 27.5 Å². The lowest BCUT2D eigenvalue weighted by Crippen LogP contribution is -2.28. The topological polar surface area (TPSA) is 207 Å². The van der Waals surface area contributed by atoms with Crippen molar-refractivity contribution in [3.8, 4) is 0 Å². The second kappa shape index (κ2) is 14.5. The van der Waals surface area contributed by atoms with Gasteiger partial charge in [0.2, 0.25) is 11.6 Å². The number of benzene rings is 3. The number of carbonyl (C=O) groups is 1. The van der Waals surface area contributed by atoms with Gasteiger partial charge < -0.3 is 14.6 Å². The van der Waals surface area contributed by atoms with Gasteiger partial charge in [0.15, 0.2) is 5.71 Å². The number of anilines is 2. The van der Waals surface area contributed by atoms with Crippen LogP contribution in [-0.2, 0) is 35.9 Å². The molecule has 1 aromatic heterocycles. The summed E-state index contributed by atoms with van der Waals surface area (Å²) in [6.45, 7) is 11.1. The van der Waals surface area contributed by atoms with Gasteiger partial charge in [-0.1, -0.05) is 19.9 Å². The maximum absolute atomic E-state index is 12.8. The molecule has 14 nitrogen and oxygen atoms in total. The van der Waals surface area contributed by atoms with Crippen molar-refractivity contribution in [2.24, 2.45) is 0 Å². The van der Waals surface area contributed by atoms with Crippen LogP contribution in [0.1, 0.15) is 71.4 Å². The van der Waals surface area contributed by atoms with Gasteiger partial charge in [-0.05, 0) is 93.8 Å². The number of hydrogen-bond donors (Lipinski definition) is 4. The molecular formula is C39H43N4O10S2+. The Morgan fingerprint density at radius 2 is 1.56 bits per heavy atom. The van der Waals surface area contributed by atoms with E-state index < -0.39 is 42.4 Å². The van der Waals surface area contributed by atoms with Crippen LogP contribution in [0.5, 0.6) is 0 Å². The molecule has 6 rings (SSSR count). The Labute approximate surface area is 318 Å². The predicted octanol–water partition coefficient (Wildman–Crippen LogP) is 5.81. The third-order valence-corrected chi connectivity index (χ3v) is 12.1. The third kappa shape index (κ3) is 7.72. The number of allylic oxidation sites excluding steroid dienone is 4. The Hall–Kier alpha value is -5.16. The molecule has 0 saturated carbocycles.